The summed E-state index contributed by atoms with van der Waals surface area (Å²) in [5.74, 6) is 0. The van der Waals surface area contributed by atoms with E-state index < -0.39 is 0 Å². The summed E-state index contributed by atoms with van der Waals surface area (Å²) in [6, 6.07) is 8.76. The fraction of sp³-hybridized carbons (Fsp3) is 0.556. The first-order valence-corrected chi connectivity index (χ1v) is 8.10. The molecule has 3 rings (SSSR count). The summed E-state index contributed by atoms with van der Waals surface area (Å²) in [5.41, 5.74) is 4.04. The Morgan fingerprint density at radius 2 is 2.10 bits per heavy atom. The zero-order valence-electron chi connectivity index (χ0n) is 13.4. The van der Waals surface area contributed by atoms with Gasteiger partial charge in [-0.15, -0.1) is 0 Å². The number of ether oxygens (including phenoxy) is 1. The zero-order chi connectivity index (χ0) is 14.9. The smallest absolute Gasteiger partial charge is 0.110 e. The van der Waals surface area contributed by atoms with E-state index in [1.807, 2.05) is 7.05 Å². The molecule has 0 bridgehead atoms. The number of rotatable bonds is 5. The minimum absolute atomic E-state index is 0.126. The highest BCUT2D eigenvalue weighted by molar-refractivity contribution is 5.85. The van der Waals surface area contributed by atoms with Gasteiger partial charge in [0.25, 0.3) is 0 Å². The lowest BCUT2D eigenvalue weighted by Gasteiger charge is -2.39. The first kappa shape index (κ1) is 14.6. The Labute approximate surface area is 127 Å². The molecule has 1 aliphatic heterocycles. The largest absolute Gasteiger partial charge is 0.367 e. The predicted octanol–water partition coefficient (Wildman–Crippen LogP) is 3.58. The fourth-order valence-corrected chi connectivity index (χ4v) is 3.93. The molecule has 2 aromatic rings. The Morgan fingerprint density at radius 3 is 2.86 bits per heavy atom. The average molecular weight is 286 g/mol. The van der Waals surface area contributed by atoms with E-state index in [0.717, 1.165) is 39.0 Å². The van der Waals surface area contributed by atoms with Crippen molar-refractivity contribution in [2.75, 3.05) is 20.2 Å². The van der Waals surface area contributed by atoms with Gasteiger partial charge in [-0.1, -0.05) is 31.5 Å². The first-order chi connectivity index (χ1) is 10.2. The highest BCUT2D eigenvalue weighted by Crippen LogP contribution is 2.42. The van der Waals surface area contributed by atoms with Gasteiger partial charge in [-0.2, -0.15) is 0 Å². The van der Waals surface area contributed by atoms with Gasteiger partial charge in [0.05, 0.1) is 12.3 Å². The summed E-state index contributed by atoms with van der Waals surface area (Å²) in [4.78, 5) is 0. The summed E-state index contributed by atoms with van der Waals surface area (Å²) in [6.07, 6.45) is 3.27. The molecule has 3 heteroatoms. The van der Waals surface area contributed by atoms with Gasteiger partial charge in [0.2, 0.25) is 0 Å². The van der Waals surface area contributed by atoms with Crippen molar-refractivity contribution in [3.8, 4) is 0 Å². The number of hydrogen-bond acceptors (Lipinski definition) is 2. The SMILES string of the molecule is CCCC1(CCNC)OCCn2c1c(C)c1ccccc12. The number of nitrogens with one attached hydrogen (secondary N) is 1. The summed E-state index contributed by atoms with van der Waals surface area (Å²) < 4.78 is 8.88. The second-order valence-electron chi connectivity index (χ2n) is 6.09. The molecule has 3 nitrogen and oxygen atoms in total. The molecule has 114 valence electrons. The lowest BCUT2D eigenvalue weighted by molar-refractivity contribution is -0.0884. The molecule has 0 fully saturated rings. The molecule has 2 heterocycles. The van der Waals surface area contributed by atoms with Crippen molar-refractivity contribution in [3.05, 3.63) is 35.5 Å². The van der Waals surface area contributed by atoms with Crippen molar-refractivity contribution in [1.82, 2.24) is 9.88 Å². The molecule has 1 aromatic heterocycles. The number of benzene rings is 1. The third kappa shape index (κ3) is 2.29. The highest BCUT2D eigenvalue weighted by Gasteiger charge is 2.39. The van der Waals surface area contributed by atoms with Crippen LogP contribution in [0.1, 0.15) is 37.4 Å². The number of fused-ring (bicyclic) bond motifs is 3. The number of hydrogen-bond donors (Lipinski definition) is 1. The number of aromatic nitrogens is 1. The number of aryl methyl sites for hydroxylation is 1. The summed E-state index contributed by atoms with van der Waals surface area (Å²) >= 11 is 0. The zero-order valence-corrected chi connectivity index (χ0v) is 13.4. The van der Waals surface area contributed by atoms with Crippen molar-refractivity contribution >= 4 is 10.9 Å². The van der Waals surface area contributed by atoms with Crippen LogP contribution in [0.2, 0.25) is 0 Å². The van der Waals surface area contributed by atoms with E-state index in [1.54, 1.807) is 0 Å². The molecule has 1 aliphatic rings. The molecule has 0 amide bonds. The van der Waals surface area contributed by atoms with E-state index in [1.165, 1.54) is 22.2 Å². The number of nitrogens with zero attached hydrogens (tertiary/aromatic N) is 1. The molecule has 0 aliphatic carbocycles. The average Bonchev–Trinajstić information content (AvgIpc) is 2.81. The molecular weight excluding hydrogens is 260 g/mol. The van der Waals surface area contributed by atoms with E-state index in [9.17, 15) is 0 Å². The summed E-state index contributed by atoms with van der Waals surface area (Å²) in [6.45, 7) is 7.28. The molecule has 1 N–H and O–H groups in total. The van der Waals surface area contributed by atoms with Gasteiger partial charge >= 0.3 is 0 Å². The van der Waals surface area contributed by atoms with Gasteiger partial charge < -0.3 is 14.6 Å². The minimum Gasteiger partial charge on any atom is -0.367 e. The van der Waals surface area contributed by atoms with Crippen LogP contribution in [-0.4, -0.2) is 24.8 Å². The van der Waals surface area contributed by atoms with Crippen LogP contribution in [0.4, 0.5) is 0 Å². The lowest BCUT2D eigenvalue weighted by atomic mass is 9.86. The predicted molar refractivity (Wildman–Crippen MR) is 87.8 cm³/mol. The van der Waals surface area contributed by atoms with Crippen molar-refractivity contribution in [2.24, 2.45) is 0 Å². The Bertz CT molecular complexity index is 631. The van der Waals surface area contributed by atoms with E-state index in [-0.39, 0.29) is 5.60 Å². The maximum absolute atomic E-state index is 6.38. The maximum Gasteiger partial charge on any atom is 0.110 e. The van der Waals surface area contributed by atoms with Crippen LogP contribution in [0.3, 0.4) is 0 Å². The standard InChI is InChI=1S/C18H26N2O/c1-4-9-18(10-11-19-3)17-14(2)15-7-5-6-8-16(15)20(17)12-13-21-18/h5-8,19H,4,9-13H2,1-3H3. The van der Waals surface area contributed by atoms with Crippen molar-refractivity contribution in [3.63, 3.8) is 0 Å². The Balaban J connectivity index is 2.19. The van der Waals surface area contributed by atoms with Gasteiger partial charge in [0, 0.05) is 17.4 Å². The molecule has 0 spiro atoms. The third-order valence-corrected chi connectivity index (χ3v) is 4.78. The van der Waals surface area contributed by atoms with Crippen molar-refractivity contribution in [1.29, 1.82) is 0 Å². The van der Waals surface area contributed by atoms with E-state index in [0.29, 0.717) is 0 Å². The molecule has 0 saturated carbocycles. The summed E-state index contributed by atoms with van der Waals surface area (Å²) in [7, 11) is 2.02. The van der Waals surface area contributed by atoms with Crippen LogP contribution in [0.15, 0.2) is 24.3 Å². The van der Waals surface area contributed by atoms with Gasteiger partial charge in [0.15, 0.2) is 0 Å². The van der Waals surface area contributed by atoms with Crippen LogP contribution >= 0.6 is 0 Å². The topological polar surface area (TPSA) is 26.2 Å². The molecular formula is C18H26N2O. The molecule has 1 atom stereocenters. The van der Waals surface area contributed by atoms with E-state index in [4.69, 9.17) is 4.74 Å². The van der Waals surface area contributed by atoms with Crippen LogP contribution in [0.25, 0.3) is 10.9 Å². The van der Waals surface area contributed by atoms with Crippen LogP contribution < -0.4 is 5.32 Å². The second kappa shape index (κ2) is 5.82. The van der Waals surface area contributed by atoms with Gasteiger partial charge in [-0.25, -0.2) is 0 Å². The molecule has 0 saturated heterocycles. The summed E-state index contributed by atoms with van der Waals surface area (Å²) in [5, 5.41) is 4.67. The van der Waals surface area contributed by atoms with Crippen molar-refractivity contribution < 1.29 is 4.74 Å². The molecule has 1 aromatic carbocycles. The Hall–Kier alpha value is -1.32. The quantitative estimate of drug-likeness (QED) is 0.909. The lowest BCUT2D eigenvalue weighted by Crippen LogP contribution is -2.40. The Kier molecular flexibility index (Phi) is 4.05. The second-order valence-corrected chi connectivity index (χ2v) is 6.09. The highest BCUT2D eigenvalue weighted by atomic mass is 16.5. The molecule has 0 radical (unpaired) electrons. The molecule has 21 heavy (non-hydrogen) atoms. The third-order valence-electron chi connectivity index (χ3n) is 4.78. The van der Waals surface area contributed by atoms with Crippen molar-refractivity contribution in [2.45, 2.75) is 45.3 Å². The van der Waals surface area contributed by atoms with Gasteiger partial charge in [-0.05, 0) is 45.0 Å². The first-order valence-electron chi connectivity index (χ1n) is 8.10. The molecule has 1 unspecified atom stereocenters. The monoisotopic (exact) mass is 286 g/mol. The van der Waals surface area contributed by atoms with Crippen LogP contribution in [0.5, 0.6) is 0 Å². The maximum atomic E-state index is 6.38. The fourth-order valence-electron chi connectivity index (χ4n) is 3.93. The normalized spacial score (nSPS) is 21.7. The van der Waals surface area contributed by atoms with Gasteiger partial charge in [0.1, 0.15) is 5.60 Å². The van der Waals surface area contributed by atoms with E-state index >= 15 is 0 Å². The minimum atomic E-state index is -0.126. The number of para-hydroxylation sites is 1. The Morgan fingerprint density at radius 1 is 1.29 bits per heavy atom. The van der Waals surface area contributed by atoms with Gasteiger partial charge in [-0.3, -0.25) is 0 Å². The van der Waals surface area contributed by atoms with Crippen LogP contribution in [0, 0.1) is 6.92 Å². The van der Waals surface area contributed by atoms with E-state index in [2.05, 4.69) is 48.0 Å². The van der Waals surface area contributed by atoms with Crippen LogP contribution in [-0.2, 0) is 16.9 Å².